The average Bonchev–Trinajstić information content (AvgIpc) is 2.93. The Kier molecular flexibility index (Phi) is 8.45. The summed E-state index contributed by atoms with van der Waals surface area (Å²) in [5.74, 6) is -2.87. The number of barbiturate groups is 1. The molecular formula is C28H23ClN2O9S. The van der Waals surface area contributed by atoms with Crippen molar-refractivity contribution >= 4 is 57.3 Å². The fourth-order valence-electron chi connectivity index (χ4n) is 3.79. The van der Waals surface area contributed by atoms with Crippen LogP contribution in [0, 0.1) is 6.92 Å². The van der Waals surface area contributed by atoms with Gasteiger partial charge in [0.15, 0.2) is 5.75 Å². The second-order valence-electron chi connectivity index (χ2n) is 8.61. The Morgan fingerprint density at radius 1 is 1.02 bits per heavy atom. The molecule has 1 saturated heterocycles. The predicted molar refractivity (Wildman–Crippen MR) is 148 cm³/mol. The van der Waals surface area contributed by atoms with Gasteiger partial charge in [-0.3, -0.25) is 14.9 Å². The van der Waals surface area contributed by atoms with E-state index in [0.29, 0.717) is 0 Å². The van der Waals surface area contributed by atoms with Crippen molar-refractivity contribution in [1.82, 2.24) is 5.32 Å². The first-order valence-corrected chi connectivity index (χ1v) is 13.8. The third-order valence-corrected chi connectivity index (χ3v) is 7.32. The van der Waals surface area contributed by atoms with E-state index in [1.807, 2.05) is 0 Å². The van der Waals surface area contributed by atoms with E-state index in [9.17, 15) is 27.6 Å². The number of hydrogen-bond donors (Lipinski definition) is 1. The Morgan fingerprint density at radius 2 is 1.68 bits per heavy atom. The lowest BCUT2D eigenvalue weighted by molar-refractivity contribution is -0.122. The molecule has 11 nitrogen and oxygen atoms in total. The minimum atomic E-state index is -4.27. The number of benzene rings is 3. The Morgan fingerprint density at radius 3 is 2.29 bits per heavy atom. The van der Waals surface area contributed by atoms with E-state index < -0.39 is 39.5 Å². The number of hydrogen-bond acceptors (Lipinski definition) is 9. The summed E-state index contributed by atoms with van der Waals surface area (Å²) in [6, 6.07) is 13.1. The first-order chi connectivity index (χ1) is 19.4. The third-order valence-electron chi connectivity index (χ3n) is 5.80. The zero-order valence-corrected chi connectivity index (χ0v) is 23.5. The molecule has 3 aromatic rings. The molecule has 0 saturated carbocycles. The summed E-state index contributed by atoms with van der Waals surface area (Å²) < 4.78 is 41.1. The molecule has 1 aliphatic heterocycles. The number of halogens is 1. The number of urea groups is 1. The Balaban J connectivity index is 1.66. The van der Waals surface area contributed by atoms with Crippen LogP contribution in [0.25, 0.3) is 6.08 Å². The highest BCUT2D eigenvalue weighted by atomic mass is 35.5. The monoisotopic (exact) mass is 598 g/mol. The first-order valence-electron chi connectivity index (χ1n) is 12.0. The molecule has 1 heterocycles. The fourth-order valence-corrected chi connectivity index (χ4v) is 5.05. The minimum Gasteiger partial charge on any atom is -0.493 e. The summed E-state index contributed by atoms with van der Waals surface area (Å²) in [7, 11) is -3.01. The molecule has 13 heteroatoms. The van der Waals surface area contributed by atoms with Gasteiger partial charge in [0, 0.05) is 0 Å². The second kappa shape index (κ2) is 11.8. The zero-order chi connectivity index (χ0) is 29.9. The Bertz CT molecular complexity index is 1680. The van der Waals surface area contributed by atoms with E-state index in [0.717, 1.165) is 16.5 Å². The third kappa shape index (κ3) is 6.23. The van der Waals surface area contributed by atoms with E-state index in [1.165, 1.54) is 55.6 Å². The number of rotatable bonds is 8. The number of carbonyl (C=O) groups excluding carboxylic acids is 4. The topological polar surface area (TPSA) is 145 Å². The molecule has 0 aromatic heterocycles. The van der Waals surface area contributed by atoms with Crippen LogP contribution in [0.15, 0.2) is 71.1 Å². The summed E-state index contributed by atoms with van der Waals surface area (Å²) in [6.07, 6.45) is 1.16. The van der Waals surface area contributed by atoms with Crippen LogP contribution >= 0.6 is 11.6 Å². The number of nitrogens with one attached hydrogen (secondary N) is 1. The van der Waals surface area contributed by atoms with Gasteiger partial charge in [-0.1, -0.05) is 29.3 Å². The van der Waals surface area contributed by atoms with Gasteiger partial charge in [-0.2, -0.15) is 8.42 Å². The van der Waals surface area contributed by atoms with Gasteiger partial charge in [-0.25, -0.2) is 14.5 Å². The standard InChI is InChI=1S/C28H23ClN2O9S/c1-4-39-27(34)18-7-9-19(10-8-18)31-26(33)21(25(32)30-28(31)35)13-17-14-22(29)24(23(15-17)38-3)40-41(36,37)20-11-5-16(2)6-12-20/h5-15H,4H2,1-3H3,(H,30,32,35)/b21-13+. The molecule has 1 aliphatic rings. The smallest absolute Gasteiger partial charge is 0.339 e. The van der Waals surface area contributed by atoms with Gasteiger partial charge in [0.2, 0.25) is 5.75 Å². The SMILES string of the molecule is CCOC(=O)c1ccc(N2C(=O)NC(=O)/C(=C\c3cc(Cl)c(OS(=O)(=O)c4ccc(C)cc4)c(OC)c3)C2=O)cc1. The number of aryl methyl sites for hydroxylation is 1. The number of nitrogens with zero attached hydrogens (tertiary/aromatic N) is 1. The number of ether oxygens (including phenoxy) is 2. The lowest BCUT2D eigenvalue weighted by Crippen LogP contribution is -2.54. The van der Waals surface area contributed by atoms with Crippen LogP contribution in [0.4, 0.5) is 10.5 Å². The van der Waals surface area contributed by atoms with Crippen molar-refractivity contribution in [3.05, 3.63) is 87.9 Å². The Hall–Kier alpha value is -4.68. The van der Waals surface area contributed by atoms with Gasteiger partial charge in [-0.05, 0) is 74.0 Å². The summed E-state index contributed by atoms with van der Waals surface area (Å²) >= 11 is 6.35. The highest BCUT2D eigenvalue weighted by Crippen LogP contribution is 2.39. The number of imide groups is 2. The maximum Gasteiger partial charge on any atom is 0.339 e. The number of anilines is 1. The molecule has 1 fully saturated rings. The molecular weight excluding hydrogens is 576 g/mol. The molecule has 4 amide bonds. The molecule has 1 N–H and O–H groups in total. The molecule has 0 atom stereocenters. The molecule has 0 aliphatic carbocycles. The van der Waals surface area contributed by atoms with Crippen LogP contribution in [0.5, 0.6) is 11.5 Å². The van der Waals surface area contributed by atoms with E-state index in [4.69, 9.17) is 25.3 Å². The van der Waals surface area contributed by atoms with Gasteiger partial charge < -0.3 is 13.7 Å². The largest absolute Gasteiger partial charge is 0.493 e. The maximum absolute atomic E-state index is 13.3. The molecule has 4 rings (SSSR count). The van der Waals surface area contributed by atoms with Gasteiger partial charge >= 0.3 is 22.1 Å². The minimum absolute atomic E-state index is 0.0915. The van der Waals surface area contributed by atoms with Crippen LogP contribution in [-0.2, 0) is 24.4 Å². The zero-order valence-electron chi connectivity index (χ0n) is 22.0. The van der Waals surface area contributed by atoms with E-state index in [-0.39, 0.29) is 44.8 Å². The quantitative estimate of drug-likeness (QED) is 0.174. The van der Waals surface area contributed by atoms with Crippen molar-refractivity contribution in [2.75, 3.05) is 18.6 Å². The van der Waals surface area contributed by atoms with Crippen LogP contribution in [-0.4, -0.2) is 45.9 Å². The highest BCUT2D eigenvalue weighted by molar-refractivity contribution is 7.87. The molecule has 0 bridgehead atoms. The second-order valence-corrected chi connectivity index (χ2v) is 10.6. The summed E-state index contributed by atoms with van der Waals surface area (Å²) in [4.78, 5) is 51.0. The number of esters is 1. The maximum atomic E-state index is 13.3. The molecule has 0 spiro atoms. The summed E-state index contributed by atoms with van der Waals surface area (Å²) in [5.41, 5.74) is 0.920. The summed E-state index contributed by atoms with van der Waals surface area (Å²) in [5, 5.41) is 1.91. The van der Waals surface area contributed by atoms with Gasteiger partial charge in [-0.15, -0.1) is 0 Å². The fraction of sp³-hybridized carbons (Fsp3) is 0.143. The molecule has 41 heavy (non-hydrogen) atoms. The van der Waals surface area contributed by atoms with Crippen molar-refractivity contribution < 1.29 is 41.3 Å². The van der Waals surface area contributed by atoms with Crippen LogP contribution in [0.3, 0.4) is 0 Å². The van der Waals surface area contributed by atoms with Crippen molar-refractivity contribution in [3.8, 4) is 11.5 Å². The van der Waals surface area contributed by atoms with Gasteiger partial charge in [0.25, 0.3) is 11.8 Å². The van der Waals surface area contributed by atoms with Crippen molar-refractivity contribution in [3.63, 3.8) is 0 Å². The van der Waals surface area contributed by atoms with Crippen LogP contribution in [0.2, 0.25) is 5.02 Å². The molecule has 0 unspecified atom stereocenters. The summed E-state index contributed by atoms with van der Waals surface area (Å²) in [6.45, 7) is 3.64. The van der Waals surface area contributed by atoms with Gasteiger partial charge in [0.1, 0.15) is 10.5 Å². The number of methoxy groups -OCH3 is 1. The molecule has 0 radical (unpaired) electrons. The van der Waals surface area contributed by atoms with Crippen molar-refractivity contribution in [2.24, 2.45) is 0 Å². The lowest BCUT2D eigenvalue weighted by Gasteiger charge is -2.26. The van der Waals surface area contributed by atoms with Crippen LogP contribution in [0.1, 0.15) is 28.4 Å². The van der Waals surface area contributed by atoms with E-state index in [2.05, 4.69) is 5.32 Å². The van der Waals surface area contributed by atoms with E-state index >= 15 is 0 Å². The number of carbonyl (C=O) groups is 4. The normalized spacial score (nSPS) is 14.6. The van der Waals surface area contributed by atoms with Gasteiger partial charge in [0.05, 0.1) is 30.0 Å². The molecule has 212 valence electrons. The number of amides is 4. The predicted octanol–water partition coefficient (Wildman–Crippen LogP) is 4.27. The first kappa shape index (κ1) is 29.3. The lowest BCUT2D eigenvalue weighted by atomic mass is 10.1. The van der Waals surface area contributed by atoms with Crippen molar-refractivity contribution in [1.29, 1.82) is 0 Å². The highest BCUT2D eigenvalue weighted by Gasteiger charge is 2.37. The van der Waals surface area contributed by atoms with Crippen molar-refractivity contribution in [2.45, 2.75) is 18.7 Å². The van der Waals surface area contributed by atoms with Crippen LogP contribution < -0.4 is 19.1 Å². The molecule has 3 aromatic carbocycles. The average molecular weight is 599 g/mol. The van der Waals surface area contributed by atoms with E-state index in [1.54, 1.807) is 26.0 Å². The Labute approximate surface area is 240 Å².